The Hall–Kier alpha value is -1.19. The first-order chi connectivity index (χ1) is 14.2. The Labute approximate surface area is 195 Å². The summed E-state index contributed by atoms with van der Waals surface area (Å²) in [6.07, 6.45) is -0.754. The summed E-state index contributed by atoms with van der Waals surface area (Å²) in [4.78, 5) is 17.0. The van der Waals surface area contributed by atoms with Crippen molar-refractivity contribution in [3.63, 3.8) is 0 Å². The number of nitrogens with zero attached hydrogens (tertiary/aromatic N) is 1. The number of halogens is 3. The number of carbonyl (C=O) groups is 1. The molecule has 0 radical (unpaired) electrons. The van der Waals surface area contributed by atoms with Gasteiger partial charge in [-0.25, -0.2) is 18.6 Å². The quantitative estimate of drug-likeness (QED) is 0.501. The molecule has 3 atom stereocenters. The third kappa shape index (κ3) is 6.20. The maximum Gasteiger partial charge on any atom is 0.413 e. The molecule has 1 N–H and O–H groups in total. The molecule has 0 fully saturated rings. The second-order valence-electron chi connectivity index (χ2n) is 9.22. The number of ether oxygens (including phenoxy) is 2. The zero-order valence-electron chi connectivity index (χ0n) is 19.0. The fourth-order valence-corrected chi connectivity index (χ4v) is 5.03. The number of thioether (sulfide) groups is 1. The third-order valence-corrected chi connectivity index (χ3v) is 6.99. The van der Waals surface area contributed by atoms with Crippen LogP contribution < -0.4 is 5.32 Å². The van der Waals surface area contributed by atoms with Crippen LogP contribution in [0.15, 0.2) is 27.7 Å². The van der Waals surface area contributed by atoms with Crippen LogP contribution in [0.1, 0.15) is 54.0 Å². The van der Waals surface area contributed by atoms with E-state index in [1.54, 1.807) is 32.9 Å². The van der Waals surface area contributed by atoms with Gasteiger partial charge in [0.1, 0.15) is 23.6 Å². The van der Waals surface area contributed by atoms with Crippen molar-refractivity contribution in [2.45, 2.75) is 70.5 Å². The van der Waals surface area contributed by atoms with E-state index in [0.717, 1.165) is 0 Å². The van der Waals surface area contributed by atoms with Crippen molar-refractivity contribution in [3.05, 3.63) is 34.1 Å². The summed E-state index contributed by atoms with van der Waals surface area (Å²) in [5.74, 6) is -1.02. The lowest BCUT2D eigenvalue weighted by atomic mass is 9.73. The second kappa shape index (κ2) is 9.75. The zero-order valence-corrected chi connectivity index (χ0v) is 21.4. The first kappa shape index (κ1) is 26.1. The molecule has 0 aromatic heterocycles. The lowest BCUT2D eigenvalue weighted by molar-refractivity contribution is 0.0370. The number of alkyl carbamates (subject to hydrolysis) is 1. The molecule has 0 aliphatic carbocycles. The fourth-order valence-electron chi connectivity index (χ4n) is 3.39. The highest BCUT2D eigenvalue weighted by Gasteiger charge is 2.54. The number of amides is 1. The van der Waals surface area contributed by atoms with Crippen LogP contribution in [0, 0.1) is 11.7 Å². The van der Waals surface area contributed by atoms with Gasteiger partial charge in [0.15, 0.2) is 5.17 Å². The van der Waals surface area contributed by atoms with E-state index in [1.807, 2.05) is 27.7 Å². The lowest BCUT2D eigenvalue weighted by Crippen LogP contribution is -2.54. The van der Waals surface area contributed by atoms with Crippen molar-refractivity contribution in [3.8, 4) is 0 Å². The van der Waals surface area contributed by atoms with Crippen LogP contribution in [0.5, 0.6) is 0 Å². The van der Waals surface area contributed by atoms with Gasteiger partial charge in [-0.15, -0.1) is 0 Å². The lowest BCUT2D eigenvalue weighted by Gasteiger charge is -2.48. The second-order valence-corrected chi connectivity index (χ2v) is 11.7. The van der Waals surface area contributed by atoms with Gasteiger partial charge in [-0.2, -0.15) is 0 Å². The minimum Gasteiger partial charge on any atom is -0.444 e. The molecule has 1 heterocycles. The van der Waals surface area contributed by atoms with Crippen LogP contribution in [-0.2, 0) is 15.0 Å². The van der Waals surface area contributed by atoms with Gasteiger partial charge in [0.25, 0.3) is 0 Å². The van der Waals surface area contributed by atoms with Crippen LogP contribution in [0.4, 0.5) is 13.6 Å². The van der Waals surface area contributed by atoms with E-state index in [4.69, 9.17) is 9.47 Å². The highest BCUT2D eigenvalue weighted by atomic mass is 79.9. The number of amidine groups is 1. The molecule has 5 nitrogen and oxygen atoms in total. The molecule has 1 aromatic rings. The van der Waals surface area contributed by atoms with Crippen LogP contribution in [0.25, 0.3) is 0 Å². The van der Waals surface area contributed by atoms with Crippen molar-refractivity contribution >= 4 is 39.0 Å². The summed E-state index contributed by atoms with van der Waals surface area (Å²) >= 11 is 4.62. The smallest absolute Gasteiger partial charge is 0.413 e. The molecule has 0 unspecified atom stereocenters. The minimum atomic E-state index is -1.54. The topological polar surface area (TPSA) is 59.9 Å². The minimum absolute atomic E-state index is 0.0480. The van der Waals surface area contributed by atoms with Crippen molar-refractivity contribution in [2.24, 2.45) is 10.9 Å². The average molecular weight is 521 g/mol. The Balaban J connectivity index is 2.58. The van der Waals surface area contributed by atoms with Gasteiger partial charge < -0.3 is 9.47 Å². The predicted molar refractivity (Wildman–Crippen MR) is 125 cm³/mol. The summed E-state index contributed by atoms with van der Waals surface area (Å²) in [6, 6.07) is 4.38. The standard InChI is InChI=1S/C22H31BrF2N2O3S/c1-13(2)29-12-21(7)14(3)22(11-24,16-10-15(23)8-9-17(16)25)27-18(31-21)26-19(28)30-20(4,5)6/h8-10,13-14H,11-12H2,1-7H3,(H,26,27,28)/t14-,21-,22+/m1/s1. The monoisotopic (exact) mass is 520 g/mol. The van der Waals surface area contributed by atoms with E-state index in [9.17, 15) is 13.6 Å². The molecule has 0 saturated carbocycles. The molecule has 0 spiro atoms. The normalized spacial score (nSPS) is 26.5. The molecule has 174 valence electrons. The van der Waals surface area contributed by atoms with Gasteiger partial charge >= 0.3 is 6.09 Å². The van der Waals surface area contributed by atoms with E-state index in [0.29, 0.717) is 4.47 Å². The number of carbonyl (C=O) groups excluding carboxylic acids is 1. The molecule has 1 aromatic carbocycles. The third-order valence-electron chi connectivity index (χ3n) is 5.17. The van der Waals surface area contributed by atoms with Gasteiger partial charge in [0, 0.05) is 20.7 Å². The maximum absolute atomic E-state index is 14.9. The zero-order chi connectivity index (χ0) is 23.6. The highest BCUT2D eigenvalue weighted by molar-refractivity contribution is 9.10. The molecular formula is C22H31BrF2N2O3S. The van der Waals surface area contributed by atoms with Crippen LogP contribution in [0.2, 0.25) is 0 Å². The molecular weight excluding hydrogens is 490 g/mol. The van der Waals surface area contributed by atoms with Gasteiger partial charge in [0.05, 0.1) is 12.7 Å². The number of benzene rings is 1. The number of rotatable bonds is 5. The van der Waals surface area contributed by atoms with E-state index in [2.05, 4.69) is 26.2 Å². The first-order valence-electron chi connectivity index (χ1n) is 10.1. The molecule has 0 bridgehead atoms. The van der Waals surface area contributed by atoms with Crippen LogP contribution >= 0.6 is 27.7 Å². The maximum atomic E-state index is 14.9. The fraction of sp³-hybridized carbons (Fsp3) is 0.636. The summed E-state index contributed by atoms with van der Waals surface area (Å²) in [5, 5.41) is 2.79. The Morgan fingerprint density at radius 1 is 1.39 bits per heavy atom. The summed E-state index contributed by atoms with van der Waals surface area (Å²) in [7, 11) is 0. The number of aliphatic imine (C=N–C) groups is 1. The van der Waals surface area contributed by atoms with Gasteiger partial charge in [-0.05, 0) is 59.7 Å². The average Bonchev–Trinajstić information content (AvgIpc) is 2.63. The van der Waals surface area contributed by atoms with Gasteiger partial charge in [0.2, 0.25) is 0 Å². The van der Waals surface area contributed by atoms with Gasteiger partial charge in [-0.3, -0.25) is 5.32 Å². The van der Waals surface area contributed by atoms with Crippen molar-refractivity contribution in [2.75, 3.05) is 13.3 Å². The summed E-state index contributed by atoms with van der Waals surface area (Å²) in [5.41, 5.74) is -2.13. The van der Waals surface area contributed by atoms with Crippen LogP contribution in [-0.4, -0.2) is 41.0 Å². The Bertz CT molecular complexity index is 847. The molecule has 1 aliphatic rings. The first-order valence-corrected chi connectivity index (χ1v) is 11.8. The molecule has 0 saturated heterocycles. The molecule has 2 rings (SSSR count). The Morgan fingerprint density at radius 2 is 2.03 bits per heavy atom. The number of hydrogen-bond acceptors (Lipinski definition) is 5. The van der Waals surface area contributed by atoms with E-state index in [1.165, 1.54) is 17.8 Å². The van der Waals surface area contributed by atoms with Crippen molar-refractivity contribution in [1.29, 1.82) is 0 Å². The number of hydrogen-bond donors (Lipinski definition) is 1. The van der Waals surface area contributed by atoms with E-state index in [-0.39, 0.29) is 23.4 Å². The van der Waals surface area contributed by atoms with Crippen molar-refractivity contribution in [1.82, 2.24) is 5.32 Å². The largest absolute Gasteiger partial charge is 0.444 e. The van der Waals surface area contributed by atoms with E-state index < -0.39 is 40.4 Å². The molecule has 9 heteroatoms. The number of nitrogens with one attached hydrogen (secondary N) is 1. The predicted octanol–water partition coefficient (Wildman–Crippen LogP) is 6.20. The molecule has 1 amide bonds. The summed E-state index contributed by atoms with van der Waals surface area (Å²) in [6.45, 7) is 12.1. The molecule has 1 aliphatic heterocycles. The Morgan fingerprint density at radius 3 is 2.58 bits per heavy atom. The van der Waals surface area contributed by atoms with Gasteiger partial charge in [-0.1, -0.05) is 34.6 Å². The van der Waals surface area contributed by atoms with E-state index >= 15 is 0 Å². The van der Waals surface area contributed by atoms with Crippen LogP contribution in [0.3, 0.4) is 0 Å². The highest BCUT2D eigenvalue weighted by Crippen LogP contribution is 2.51. The SMILES string of the molecule is CC(C)OC[C@@]1(C)SC(NC(=O)OC(C)(C)C)=N[C@](CF)(c2cc(Br)ccc2F)[C@@H]1C. The Kier molecular flexibility index (Phi) is 8.20. The molecule has 31 heavy (non-hydrogen) atoms. The number of alkyl halides is 1. The summed E-state index contributed by atoms with van der Waals surface area (Å²) < 4.78 is 40.9. The van der Waals surface area contributed by atoms with Crippen molar-refractivity contribution < 1.29 is 23.0 Å².